The van der Waals surface area contributed by atoms with Gasteiger partial charge in [-0.1, -0.05) is 0 Å². The second-order valence-corrected chi connectivity index (χ2v) is 3.19. The van der Waals surface area contributed by atoms with Crippen LogP contribution < -0.4 is 5.73 Å². The molecule has 2 N–H and O–H groups in total. The van der Waals surface area contributed by atoms with Crippen LogP contribution in [-0.4, -0.2) is 10.8 Å². The standard InChI is InChI=1S/C11H10N2O2/c12-10-1-3-13-6-9(10)5-11(14)8-2-4-15-7-8/h1-4,6-7H,5H2,(H2,12,13). The smallest absolute Gasteiger partial charge is 0.170 e. The molecule has 0 saturated carbocycles. The van der Waals surface area contributed by atoms with E-state index >= 15 is 0 Å². The van der Waals surface area contributed by atoms with Crippen molar-refractivity contribution < 1.29 is 9.21 Å². The van der Waals surface area contributed by atoms with Crippen LogP contribution in [0.25, 0.3) is 0 Å². The molecule has 2 rings (SSSR count). The molecule has 0 atom stereocenters. The lowest BCUT2D eigenvalue weighted by Crippen LogP contribution is -2.05. The van der Waals surface area contributed by atoms with Gasteiger partial charge < -0.3 is 10.2 Å². The van der Waals surface area contributed by atoms with Crippen LogP contribution >= 0.6 is 0 Å². The number of anilines is 1. The molecule has 0 bridgehead atoms. The molecule has 0 fully saturated rings. The Kier molecular flexibility index (Phi) is 2.49. The molecule has 0 spiro atoms. The zero-order chi connectivity index (χ0) is 10.7. The number of Topliss-reactive ketones (excluding diaryl/α,β-unsaturated/α-hetero) is 1. The van der Waals surface area contributed by atoms with E-state index < -0.39 is 0 Å². The van der Waals surface area contributed by atoms with Gasteiger partial charge in [0.1, 0.15) is 6.26 Å². The fourth-order valence-electron chi connectivity index (χ4n) is 1.28. The van der Waals surface area contributed by atoms with Crippen molar-refractivity contribution >= 4 is 11.5 Å². The Morgan fingerprint density at radius 2 is 2.33 bits per heavy atom. The number of aromatic nitrogens is 1. The van der Waals surface area contributed by atoms with Crippen molar-refractivity contribution in [3.05, 3.63) is 48.2 Å². The molecule has 0 aliphatic heterocycles. The maximum Gasteiger partial charge on any atom is 0.170 e. The number of furan rings is 1. The Hall–Kier alpha value is -2.10. The molecule has 0 amide bonds. The van der Waals surface area contributed by atoms with Crippen LogP contribution in [0.3, 0.4) is 0 Å². The summed E-state index contributed by atoms with van der Waals surface area (Å²) in [4.78, 5) is 15.6. The van der Waals surface area contributed by atoms with Crippen molar-refractivity contribution in [2.75, 3.05) is 5.73 Å². The lowest BCUT2D eigenvalue weighted by molar-refractivity contribution is 0.0992. The Morgan fingerprint density at radius 1 is 1.47 bits per heavy atom. The molecule has 0 saturated heterocycles. The minimum atomic E-state index is -0.0246. The van der Waals surface area contributed by atoms with E-state index in [0.29, 0.717) is 11.3 Å². The van der Waals surface area contributed by atoms with E-state index in [1.807, 2.05) is 0 Å². The third-order valence-electron chi connectivity index (χ3n) is 2.14. The van der Waals surface area contributed by atoms with E-state index in [2.05, 4.69) is 4.98 Å². The maximum absolute atomic E-state index is 11.7. The van der Waals surface area contributed by atoms with Gasteiger partial charge in [0.05, 0.1) is 11.8 Å². The monoisotopic (exact) mass is 202 g/mol. The number of nitrogens with zero attached hydrogens (tertiary/aromatic N) is 1. The second kappa shape index (κ2) is 3.96. The minimum Gasteiger partial charge on any atom is -0.472 e. The van der Waals surface area contributed by atoms with Crippen molar-refractivity contribution in [1.29, 1.82) is 0 Å². The summed E-state index contributed by atoms with van der Waals surface area (Å²) in [6.07, 6.45) is 6.35. The first kappa shape index (κ1) is 9.45. The van der Waals surface area contributed by atoms with E-state index in [1.54, 1.807) is 24.5 Å². The van der Waals surface area contributed by atoms with Gasteiger partial charge in [-0.2, -0.15) is 0 Å². The number of nitrogen functional groups attached to an aromatic ring is 1. The fraction of sp³-hybridized carbons (Fsp3) is 0.0909. The highest BCUT2D eigenvalue weighted by Gasteiger charge is 2.09. The fourth-order valence-corrected chi connectivity index (χ4v) is 1.28. The van der Waals surface area contributed by atoms with Crippen LogP contribution in [0.1, 0.15) is 15.9 Å². The highest BCUT2D eigenvalue weighted by Crippen LogP contribution is 2.12. The average Bonchev–Trinajstić information content (AvgIpc) is 2.74. The van der Waals surface area contributed by atoms with Gasteiger partial charge in [-0.3, -0.25) is 9.78 Å². The molecule has 2 heterocycles. The predicted octanol–water partition coefficient (Wildman–Crippen LogP) is 1.68. The summed E-state index contributed by atoms with van der Waals surface area (Å²) in [6.45, 7) is 0. The summed E-state index contributed by atoms with van der Waals surface area (Å²) in [7, 11) is 0. The van der Waals surface area contributed by atoms with Crippen LogP contribution in [0.4, 0.5) is 5.69 Å². The normalized spacial score (nSPS) is 10.1. The summed E-state index contributed by atoms with van der Waals surface area (Å²) < 4.78 is 4.84. The second-order valence-electron chi connectivity index (χ2n) is 3.19. The molecule has 0 radical (unpaired) electrons. The molecule has 2 aromatic heterocycles. The van der Waals surface area contributed by atoms with E-state index in [-0.39, 0.29) is 12.2 Å². The molecule has 4 nitrogen and oxygen atoms in total. The van der Waals surface area contributed by atoms with Gasteiger partial charge in [-0.05, 0) is 12.1 Å². The molecule has 0 aliphatic carbocycles. The molecule has 4 heteroatoms. The number of nitrogens with two attached hydrogens (primary N) is 1. The number of pyridine rings is 1. The first-order valence-electron chi connectivity index (χ1n) is 4.51. The van der Waals surface area contributed by atoms with Crippen LogP contribution in [0.15, 0.2) is 41.5 Å². The summed E-state index contributed by atoms with van der Waals surface area (Å²) >= 11 is 0. The van der Waals surface area contributed by atoms with Crippen molar-refractivity contribution in [3.63, 3.8) is 0 Å². The number of rotatable bonds is 3. The predicted molar refractivity (Wildman–Crippen MR) is 55.4 cm³/mol. The summed E-state index contributed by atoms with van der Waals surface area (Å²) in [5, 5.41) is 0. The zero-order valence-electron chi connectivity index (χ0n) is 8.01. The largest absolute Gasteiger partial charge is 0.472 e. The average molecular weight is 202 g/mol. The Labute approximate surface area is 86.7 Å². The first-order valence-corrected chi connectivity index (χ1v) is 4.51. The number of hydrogen-bond acceptors (Lipinski definition) is 4. The van der Waals surface area contributed by atoms with Gasteiger partial charge >= 0.3 is 0 Å². The molecular weight excluding hydrogens is 192 g/mol. The third kappa shape index (κ3) is 2.04. The number of hydrogen-bond donors (Lipinski definition) is 1. The van der Waals surface area contributed by atoms with Gasteiger partial charge in [0.25, 0.3) is 0 Å². The molecule has 76 valence electrons. The van der Waals surface area contributed by atoms with E-state index in [4.69, 9.17) is 10.2 Å². The molecule has 0 aromatic carbocycles. The van der Waals surface area contributed by atoms with E-state index in [9.17, 15) is 4.79 Å². The van der Waals surface area contributed by atoms with Crippen molar-refractivity contribution in [1.82, 2.24) is 4.98 Å². The van der Waals surface area contributed by atoms with E-state index in [0.717, 1.165) is 5.56 Å². The summed E-state index contributed by atoms with van der Waals surface area (Å²) in [6, 6.07) is 3.31. The van der Waals surface area contributed by atoms with Gasteiger partial charge in [0, 0.05) is 30.1 Å². The zero-order valence-corrected chi connectivity index (χ0v) is 8.01. The highest BCUT2D eigenvalue weighted by atomic mass is 16.3. The third-order valence-corrected chi connectivity index (χ3v) is 2.14. The quantitative estimate of drug-likeness (QED) is 0.769. The SMILES string of the molecule is Nc1ccncc1CC(=O)c1ccoc1. The number of carbonyl (C=O) groups excluding carboxylic acids is 1. The summed E-state index contributed by atoms with van der Waals surface area (Å²) in [5.74, 6) is -0.0246. The van der Waals surface area contributed by atoms with Gasteiger partial charge in [0.15, 0.2) is 5.78 Å². The van der Waals surface area contributed by atoms with Crippen LogP contribution in [0.5, 0.6) is 0 Å². The lowest BCUT2D eigenvalue weighted by Gasteiger charge is -2.01. The highest BCUT2D eigenvalue weighted by molar-refractivity contribution is 5.97. The van der Waals surface area contributed by atoms with Crippen molar-refractivity contribution in [3.8, 4) is 0 Å². The maximum atomic E-state index is 11.7. The lowest BCUT2D eigenvalue weighted by atomic mass is 10.1. The van der Waals surface area contributed by atoms with Gasteiger partial charge in [0.2, 0.25) is 0 Å². The molecule has 0 aliphatic rings. The van der Waals surface area contributed by atoms with E-state index in [1.165, 1.54) is 12.5 Å². The van der Waals surface area contributed by atoms with Crippen LogP contribution in [0, 0.1) is 0 Å². The van der Waals surface area contributed by atoms with Gasteiger partial charge in [-0.15, -0.1) is 0 Å². The molecular formula is C11H10N2O2. The van der Waals surface area contributed by atoms with Crippen molar-refractivity contribution in [2.45, 2.75) is 6.42 Å². The summed E-state index contributed by atoms with van der Waals surface area (Å²) in [5.41, 5.74) is 7.59. The number of ketones is 1. The number of carbonyl (C=O) groups is 1. The molecule has 2 aromatic rings. The molecule has 15 heavy (non-hydrogen) atoms. The Balaban J connectivity index is 2.17. The Bertz CT molecular complexity index is 463. The molecule has 0 unspecified atom stereocenters. The first-order chi connectivity index (χ1) is 7.27. The minimum absolute atomic E-state index is 0.0246. The Morgan fingerprint density at radius 3 is 3.00 bits per heavy atom. The topological polar surface area (TPSA) is 69.1 Å². The van der Waals surface area contributed by atoms with Crippen LogP contribution in [-0.2, 0) is 6.42 Å². The van der Waals surface area contributed by atoms with Crippen molar-refractivity contribution in [2.24, 2.45) is 0 Å². The van der Waals surface area contributed by atoms with Gasteiger partial charge in [-0.25, -0.2) is 0 Å². The van der Waals surface area contributed by atoms with Crippen LogP contribution in [0.2, 0.25) is 0 Å².